The first kappa shape index (κ1) is 15.0. The summed E-state index contributed by atoms with van der Waals surface area (Å²) in [6, 6.07) is 12.3. The van der Waals surface area contributed by atoms with Gasteiger partial charge in [-0.1, -0.05) is 24.3 Å². The van der Waals surface area contributed by atoms with Crippen molar-refractivity contribution in [2.75, 3.05) is 26.8 Å². The van der Waals surface area contributed by atoms with Gasteiger partial charge in [-0.2, -0.15) is 0 Å². The molecule has 1 heterocycles. The molecule has 0 aliphatic carbocycles. The number of para-hydroxylation sites is 1. The van der Waals surface area contributed by atoms with Crippen molar-refractivity contribution in [1.29, 1.82) is 0 Å². The van der Waals surface area contributed by atoms with E-state index in [2.05, 4.69) is 28.5 Å². The van der Waals surface area contributed by atoms with Crippen LogP contribution < -0.4 is 4.74 Å². The molecule has 0 radical (unpaired) electrons. The minimum Gasteiger partial charge on any atom is -0.496 e. The van der Waals surface area contributed by atoms with E-state index in [1.165, 1.54) is 4.88 Å². The van der Waals surface area contributed by atoms with Crippen molar-refractivity contribution < 1.29 is 9.84 Å². The Kier molecular flexibility index (Phi) is 6.05. The average Bonchev–Trinajstić information content (AvgIpc) is 2.99. The molecule has 0 saturated carbocycles. The highest BCUT2D eigenvalue weighted by molar-refractivity contribution is 7.09. The van der Waals surface area contributed by atoms with Crippen LogP contribution in [-0.2, 0) is 13.0 Å². The molecule has 1 aromatic carbocycles. The van der Waals surface area contributed by atoms with Crippen LogP contribution in [0.25, 0.3) is 0 Å². The van der Waals surface area contributed by atoms with Crippen LogP contribution in [0.5, 0.6) is 5.75 Å². The van der Waals surface area contributed by atoms with E-state index in [-0.39, 0.29) is 6.61 Å². The van der Waals surface area contributed by atoms with Crippen LogP contribution in [-0.4, -0.2) is 36.8 Å². The number of nitrogens with zero attached hydrogens (tertiary/aromatic N) is 1. The van der Waals surface area contributed by atoms with E-state index in [1.54, 1.807) is 18.4 Å². The summed E-state index contributed by atoms with van der Waals surface area (Å²) in [6.07, 6.45) is 1.02. The minimum atomic E-state index is 0.180. The van der Waals surface area contributed by atoms with Gasteiger partial charge in [0.25, 0.3) is 0 Å². The molecule has 4 heteroatoms. The summed E-state index contributed by atoms with van der Waals surface area (Å²) >= 11 is 1.78. The number of rotatable bonds is 8. The number of thiophene rings is 1. The highest BCUT2D eigenvalue weighted by Gasteiger charge is 2.09. The van der Waals surface area contributed by atoms with Gasteiger partial charge in [-0.25, -0.2) is 0 Å². The second-order valence-electron chi connectivity index (χ2n) is 4.64. The summed E-state index contributed by atoms with van der Waals surface area (Å²) in [5.41, 5.74) is 1.16. The molecule has 2 aromatic rings. The maximum Gasteiger partial charge on any atom is 0.123 e. The van der Waals surface area contributed by atoms with E-state index in [9.17, 15) is 5.11 Å². The molecule has 1 aromatic heterocycles. The van der Waals surface area contributed by atoms with Crippen LogP contribution >= 0.6 is 11.3 Å². The highest BCUT2D eigenvalue weighted by atomic mass is 32.1. The Morgan fingerprint density at radius 2 is 2.00 bits per heavy atom. The van der Waals surface area contributed by atoms with Crippen LogP contribution in [0.3, 0.4) is 0 Å². The van der Waals surface area contributed by atoms with Crippen LogP contribution in [0.15, 0.2) is 41.8 Å². The predicted octanol–water partition coefficient (Wildman–Crippen LogP) is 2.79. The fourth-order valence-corrected chi connectivity index (χ4v) is 2.91. The molecule has 3 nitrogen and oxygen atoms in total. The maximum absolute atomic E-state index is 9.23. The van der Waals surface area contributed by atoms with Gasteiger partial charge in [0.15, 0.2) is 0 Å². The smallest absolute Gasteiger partial charge is 0.123 e. The molecular weight excluding hydrogens is 270 g/mol. The third kappa shape index (κ3) is 4.34. The van der Waals surface area contributed by atoms with E-state index in [1.807, 2.05) is 18.2 Å². The van der Waals surface area contributed by atoms with Gasteiger partial charge in [-0.3, -0.25) is 4.90 Å². The van der Waals surface area contributed by atoms with Crippen molar-refractivity contribution in [2.24, 2.45) is 0 Å². The van der Waals surface area contributed by atoms with Gasteiger partial charge in [0.05, 0.1) is 13.7 Å². The summed E-state index contributed by atoms with van der Waals surface area (Å²) < 4.78 is 5.39. The summed E-state index contributed by atoms with van der Waals surface area (Å²) in [5, 5.41) is 11.3. The summed E-state index contributed by atoms with van der Waals surface area (Å²) in [7, 11) is 1.70. The van der Waals surface area contributed by atoms with Gasteiger partial charge < -0.3 is 9.84 Å². The van der Waals surface area contributed by atoms with Gasteiger partial charge in [0.2, 0.25) is 0 Å². The Balaban J connectivity index is 1.97. The van der Waals surface area contributed by atoms with Gasteiger partial charge in [-0.05, 0) is 23.9 Å². The standard InChI is InChI=1S/C16H21NO2S/c1-19-16-7-3-2-5-14(16)13-17(10-11-18)9-8-15-6-4-12-20-15/h2-7,12,18H,8-11,13H2,1H3. The second-order valence-corrected chi connectivity index (χ2v) is 5.67. The SMILES string of the molecule is COc1ccccc1CN(CCO)CCc1cccs1. The molecule has 0 atom stereocenters. The topological polar surface area (TPSA) is 32.7 Å². The largest absolute Gasteiger partial charge is 0.496 e. The summed E-state index contributed by atoms with van der Waals surface area (Å²) in [6.45, 7) is 2.61. The molecule has 0 bridgehead atoms. The van der Waals surface area contributed by atoms with E-state index >= 15 is 0 Å². The van der Waals surface area contributed by atoms with Crippen molar-refractivity contribution in [1.82, 2.24) is 4.90 Å². The van der Waals surface area contributed by atoms with E-state index in [4.69, 9.17) is 4.74 Å². The van der Waals surface area contributed by atoms with Crippen molar-refractivity contribution in [3.05, 3.63) is 52.2 Å². The maximum atomic E-state index is 9.23. The molecular formula is C16H21NO2S. The molecule has 0 saturated heterocycles. The normalized spacial score (nSPS) is 10.9. The summed E-state index contributed by atoms with van der Waals surface area (Å²) in [5.74, 6) is 0.909. The lowest BCUT2D eigenvalue weighted by Gasteiger charge is -2.22. The third-order valence-electron chi connectivity index (χ3n) is 3.26. The van der Waals surface area contributed by atoms with E-state index in [0.29, 0.717) is 6.54 Å². The number of hydrogen-bond donors (Lipinski definition) is 1. The molecule has 0 aliphatic rings. The lowest BCUT2D eigenvalue weighted by Crippen LogP contribution is -2.28. The first-order valence-electron chi connectivity index (χ1n) is 6.81. The molecule has 2 rings (SSSR count). The van der Waals surface area contributed by atoms with E-state index < -0.39 is 0 Å². The van der Waals surface area contributed by atoms with Crippen molar-refractivity contribution in [2.45, 2.75) is 13.0 Å². The number of ether oxygens (including phenoxy) is 1. The predicted molar refractivity (Wildman–Crippen MR) is 83.4 cm³/mol. The van der Waals surface area contributed by atoms with Crippen LogP contribution in [0.1, 0.15) is 10.4 Å². The van der Waals surface area contributed by atoms with Crippen molar-refractivity contribution >= 4 is 11.3 Å². The van der Waals surface area contributed by atoms with Crippen LogP contribution in [0.4, 0.5) is 0 Å². The number of methoxy groups -OCH3 is 1. The zero-order valence-electron chi connectivity index (χ0n) is 11.8. The monoisotopic (exact) mass is 291 g/mol. The quantitative estimate of drug-likeness (QED) is 0.812. The van der Waals surface area contributed by atoms with Crippen molar-refractivity contribution in [3.8, 4) is 5.75 Å². The first-order chi connectivity index (χ1) is 9.83. The van der Waals surface area contributed by atoms with Gasteiger partial charge in [0.1, 0.15) is 5.75 Å². The number of aliphatic hydroxyl groups excluding tert-OH is 1. The molecule has 108 valence electrons. The van der Waals surface area contributed by atoms with Crippen LogP contribution in [0.2, 0.25) is 0 Å². The zero-order chi connectivity index (χ0) is 14.2. The molecule has 0 amide bonds. The lowest BCUT2D eigenvalue weighted by atomic mass is 10.2. The first-order valence-corrected chi connectivity index (χ1v) is 7.69. The zero-order valence-corrected chi connectivity index (χ0v) is 12.6. The van der Waals surface area contributed by atoms with Gasteiger partial charge >= 0.3 is 0 Å². The Morgan fingerprint density at radius 1 is 1.15 bits per heavy atom. The summed E-state index contributed by atoms with van der Waals surface area (Å²) in [4.78, 5) is 3.64. The van der Waals surface area contributed by atoms with Crippen molar-refractivity contribution in [3.63, 3.8) is 0 Å². The number of aliphatic hydroxyl groups is 1. The third-order valence-corrected chi connectivity index (χ3v) is 4.19. The van der Waals surface area contributed by atoms with Gasteiger partial charge in [0, 0.05) is 30.1 Å². The number of benzene rings is 1. The molecule has 20 heavy (non-hydrogen) atoms. The Hall–Kier alpha value is -1.36. The molecule has 1 N–H and O–H groups in total. The molecule has 0 spiro atoms. The second kappa shape index (κ2) is 8.04. The molecule has 0 unspecified atom stereocenters. The lowest BCUT2D eigenvalue weighted by molar-refractivity contribution is 0.190. The Labute approximate surface area is 124 Å². The molecule has 0 fully saturated rings. The van der Waals surface area contributed by atoms with Crippen LogP contribution in [0, 0.1) is 0 Å². The van der Waals surface area contributed by atoms with Gasteiger partial charge in [-0.15, -0.1) is 11.3 Å². The van der Waals surface area contributed by atoms with E-state index in [0.717, 1.165) is 30.8 Å². The Morgan fingerprint density at radius 3 is 2.70 bits per heavy atom. The molecule has 0 aliphatic heterocycles. The minimum absolute atomic E-state index is 0.180. The fourth-order valence-electron chi connectivity index (χ4n) is 2.21. The Bertz CT molecular complexity index is 499. The fraction of sp³-hybridized carbons (Fsp3) is 0.375. The number of hydrogen-bond acceptors (Lipinski definition) is 4. The average molecular weight is 291 g/mol. The highest BCUT2D eigenvalue weighted by Crippen LogP contribution is 2.19.